The molecule has 1 amide bonds. The van der Waals surface area contributed by atoms with Crippen LogP contribution in [0.2, 0.25) is 0 Å². The average molecular weight is 432 g/mol. The van der Waals surface area contributed by atoms with Crippen molar-refractivity contribution in [3.05, 3.63) is 54.3 Å². The second-order valence-corrected chi connectivity index (χ2v) is 7.97. The molecular formula is C23H24N6O3. The van der Waals surface area contributed by atoms with Gasteiger partial charge in [-0.3, -0.25) is 14.5 Å². The Hall–Kier alpha value is -3.72. The first kappa shape index (κ1) is 20.2. The molecule has 9 nitrogen and oxygen atoms in total. The van der Waals surface area contributed by atoms with Crippen LogP contribution < -0.4 is 10.2 Å². The molecule has 1 fully saturated rings. The van der Waals surface area contributed by atoms with E-state index in [9.17, 15) is 9.90 Å². The number of nitrogens with one attached hydrogen (secondary N) is 1. The lowest BCUT2D eigenvalue weighted by atomic mass is 10.1. The second-order valence-electron chi connectivity index (χ2n) is 7.97. The lowest BCUT2D eigenvalue weighted by molar-refractivity contribution is 0.102. The van der Waals surface area contributed by atoms with Gasteiger partial charge in [0.15, 0.2) is 5.69 Å². The zero-order chi connectivity index (χ0) is 22.2. The van der Waals surface area contributed by atoms with Crippen LogP contribution in [0.15, 0.2) is 47.3 Å². The van der Waals surface area contributed by atoms with Crippen LogP contribution in [-0.4, -0.2) is 50.0 Å². The number of β-amino-alcohol motifs (C(OH)–C–C–N with tert-alkyl or cyclic N) is 1. The van der Waals surface area contributed by atoms with Gasteiger partial charge in [0.05, 0.1) is 29.2 Å². The number of rotatable bonds is 5. The summed E-state index contributed by atoms with van der Waals surface area (Å²) in [6, 6.07) is 7.60. The third kappa shape index (κ3) is 3.71. The van der Waals surface area contributed by atoms with Crippen molar-refractivity contribution < 1.29 is 14.3 Å². The van der Waals surface area contributed by atoms with Crippen molar-refractivity contribution in [2.45, 2.75) is 25.9 Å². The fraction of sp³-hybridized carbons (Fsp3) is 0.304. The highest BCUT2D eigenvalue weighted by Gasteiger charge is 2.25. The van der Waals surface area contributed by atoms with Crippen LogP contribution in [0, 0.1) is 0 Å². The van der Waals surface area contributed by atoms with Crippen molar-refractivity contribution in [3.8, 4) is 11.5 Å². The van der Waals surface area contributed by atoms with Gasteiger partial charge in [-0.25, -0.2) is 4.98 Å². The van der Waals surface area contributed by atoms with E-state index in [0.29, 0.717) is 31.1 Å². The van der Waals surface area contributed by atoms with Gasteiger partial charge in [0.1, 0.15) is 6.26 Å². The first-order valence-electron chi connectivity index (χ1n) is 10.6. The van der Waals surface area contributed by atoms with Crippen molar-refractivity contribution >= 4 is 28.2 Å². The van der Waals surface area contributed by atoms with Gasteiger partial charge in [-0.2, -0.15) is 5.10 Å². The van der Waals surface area contributed by atoms with Gasteiger partial charge in [-0.05, 0) is 37.1 Å². The minimum atomic E-state index is -0.380. The summed E-state index contributed by atoms with van der Waals surface area (Å²) in [7, 11) is 1.86. The number of hydrogen-bond donors (Lipinski definition) is 2. The number of carbonyl (C=O) groups excluding carboxylic acids is 1. The number of hydrogen-bond acceptors (Lipinski definition) is 7. The number of anilines is 2. The molecule has 0 aliphatic carbocycles. The molecule has 32 heavy (non-hydrogen) atoms. The molecule has 0 saturated carbocycles. The van der Waals surface area contributed by atoms with E-state index in [-0.39, 0.29) is 17.7 Å². The summed E-state index contributed by atoms with van der Waals surface area (Å²) < 4.78 is 7.33. The highest BCUT2D eigenvalue weighted by Crippen LogP contribution is 2.34. The Morgan fingerprint density at radius 1 is 1.34 bits per heavy atom. The van der Waals surface area contributed by atoms with E-state index in [1.807, 2.05) is 32.2 Å². The molecule has 0 bridgehead atoms. The molecule has 0 radical (unpaired) electrons. The predicted molar refractivity (Wildman–Crippen MR) is 121 cm³/mol. The smallest absolute Gasteiger partial charge is 0.277 e. The SMILES string of the molecule is CCc1cc(-c2nc(C(=O)Nc3cc4c(cnn4C)cc3N3CC[C@H](O)C3)co2)ccn1. The fourth-order valence-electron chi connectivity index (χ4n) is 4.01. The van der Waals surface area contributed by atoms with Crippen molar-refractivity contribution in [2.75, 3.05) is 23.3 Å². The molecule has 1 aliphatic rings. The topological polar surface area (TPSA) is 109 Å². The molecule has 1 aromatic carbocycles. The molecule has 1 atom stereocenters. The van der Waals surface area contributed by atoms with Crippen molar-refractivity contribution in [1.29, 1.82) is 0 Å². The molecule has 1 aliphatic heterocycles. The minimum Gasteiger partial charge on any atom is -0.444 e. The van der Waals surface area contributed by atoms with E-state index in [1.54, 1.807) is 23.1 Å². The first-order chi connectivity index (χ1) is 15.5. The summed E-state index contributed by atoms with van der Waals surface area (Å²) in [6.45, 7) is 3.26. The number of amides is 1. The maximum atomic E-state index is 13.0. The molecule has 0 unspecified atom stereocenters. The van der Waals surface area contributed by atoms with E-state index in [0.717, 1.165) is 34.3 Å². The van der Waals surface area contributed by atoms with Crippen molar-refractivity contribution in [1.82, 2.24) is 19.7 Å². The summed E-state index contributed by atoms with van der Waals surface area (Å²) in [6.07, 6.45) is 5.97. The van der Waals surface area contributed by atoms with Gasteiger partial charge in [0.2, 0.25) is 5.89 Å². The number of oxazole rings is 1. The Kier molecular flexibility index (Phi) is 5.10. The van der Waals surface area contributed by atoms with Gasteiger partial charge in [0.25, 0.3) is 5.91 Å². The van der Waals surface area contributed by atoms with Gasteiger partial charge in [-0.1, -0.05) is 6.92 Å². The van der Waals surface area contributed by atoms with Crippen LogP contribution in [0.3, 0.4) is 0 Å². The van der Waals surface area contributed by atoms with E-state index in [4.69, 9.17) is 4.42 Å². The van der Waals surface area contributed by atoms with Gasteiger partial charge in [0, 0.05) is 43.0 Å². The standard InChI is InChI=1S/C23H24N6O3/c1-3-16-8-14(4-6-24-16)23-27-19(13-32-23)22(31)26-18-10-20-15(11-25-28(20)2)9-21(18)29-7-5-17(30)12-29/h4,6,8-11,13,17,30H,3,5,7,12H2,1-2H3,(H,26,31)/t17-/m0/s1. The number of benzene rings is 1. The van der Waals surface area contributed by atoms with Crippen LogP contribution in [-0.2, 0) is 13.5 Å². The summed E-state index contributed by atoms with van der Waals surface area (Å²) in [4.78, 5) is 23.8. The number of aliphatic hydroxyl groups is 1. The molecule has 2 N–H and O–H groups in total. The molecule has 9 heteroatoms. The van der Waals surface area contributed by atoms with Crippen LogP contribution in [0.1, 0.15) is 29.5 Å². The normalized spacial score (nSPS) is 16.1. The molecule has 3 aromatic heterocycles. The van der Waals surface area contributed by atoms with Crippen LogP contribution in [0.5, 0.6) is 0 Å². The molecule has 1 saturated heterocycles. The molecule has 5 rings (SSSR count). The number of pyridine rings is 1. The largest absolute Gasteiger partial charge is 0.444 e. The van der Waals surface area contributed by atoms with Gasteiger partial charge in [-0.15, -0.1) is 0 Å². The number of aryl methyl sites for hydroxylation is 2. The third-order valence-corrected chi connectivity index (χ3v) is 5.78. The number of fused-ring (bicyclic) bond motifs is 1. The number of aliphatic hydroxyl groups excluding tert-OH is 1. The molecule has 0 spiro atoms. The summed E-state index contributed by atoms with van der Waals surface area (Å²) in [5, 5.41) is 18.3. The fourth-order valence-corrected chi connectivity index (χ4v) is 4.01. The van der Waals surface area contributed by atoms with Crippen LogP contribution in [0.25, 0.3) is 22.4 Å². The summed E-state index contributed by atoms with van der Waals surface area (Å²) >= 11 is 0. The van der Waals surface area contributed by atoms with E-state index >= 15 is 0 Å². The number of nitrogens with zero attached hydrogens (tertiary/aromatic N) is 5. The van der Waals surface area contributed by atoms with Crippen molar-refractivity contribution in [3.63, 3.8) is 0 Å². The first-order valence-corrected chi connectivity index (χ1v) is 10.6. The maximum absolute atomic E-state index is 13.0. The Balaban J connectivity index is 1.45. The third-order valence-electron chi connectivity index (χ3n) is 5.78. The van der Waals surface area contributed by atoms with E-state index in [1.165, 1.54) is 6.26 Å². The zero-order valence-electron chi connectivity index (χ0n) is 17.9. The van der Waals surface area contributed by atoms with Gasteiger partial charge >= 0.3 is 0 Å². The Morgan fingerprint density at radius 2 is 2.22 bits per heavy atom. The molecular weight excluding hydrogens is 408 g/mol. The van der Waals surface area contributed by atoms with Crippen LogP contribution in [0.4, 0.5) is 11.4 Å². The Labute approximate surface area is 184 Å². The monoisotopic (exact) mass is 432 g/mol. The zero-order valence-corrected chi connectivity index (χ0v) is 17.9. The summed E-state index contributed by atoms with van der Waals surface area (Å²) in [5.74, 6) is 0.00418. The van der Waals surface area contributed by atoms with E-state index < -0.39 is 0 Å². The Morgan fingerprint density at radius 3 is 3.00 bits per heavy atom. The van der Waals surface area contributed by atoms with Gasteiger partial charge < -0.3 is 19.7 Å². The minimum absolute atomic E-state index is 0.187. The maximum Gasteiger partial charge on any atom is 0.277 e. The molecule has 4 aromatic rings. The van der Waals surface area contributed by atoms with E-state index in [2.05, 4.69) is 25.3 Å². The summed E-state index contributed by atoms with van der Waals surface area (Å²) in [5.41, 5.74) is 4.27. The molecule has 4 heterocycles. The quantitative estimate of drug-likeness (QED) is 0.499. The second kappa shape index (κ2) is 8.08. The highest BCUT2D eigenvalue weighted by atomic mass is 16.3. The average Bonchev–Trinajstić information content (AvgIpc) is 3.54. The highest BCUT2D eigenvalue weighted by molar-refractivity contribution is 6.06. The van der Waals surface area contributed by atoms with Crippen molar-refractivity contribution in [2.24, 2.45) is 7.05 Å². The predicted octanol–water partition coefficient (Wildman–Crippen LogP) is 3.01. The van der Waals surface area contributed by atoms with Crippen LogP contribution >= 0.6 is 0 Å². The lowest BCUT2D eigenvalue weighted by Crippen LogP contribution is -2.23. The number of carbonyl (C=O) groups is 1. The Bertz CT molecular complexity index is 1290. The lowest BCUT2D eigenvalue weighted by Gasteiger charge is -2.22. The number of aromatic nitrogens is 4. The molecule has 164 valence electrons.